The molecule has 26 heavy (non-hydrogen) atoms. The van der Waals surface area contributed by atoms with Crippen LogP contribution in [0.1, 0.15) is 5.76 Å². The van der Waals surface area contributed by atoms with Crippen molar-refractivity contribution in [3.63, 3.8) is 0 Å². The first-order chi connectivity index (χ1) is 12.3. The van der Waals surface area contributed by atoms with Crippen molar-refractivity contribution in [2.45, 2.75) is 17.6 Å². The van der Waals surface area contributed by atoms with Crippen LogP contribution in [0.2, 0.25) is 0 Å². The molecule has 3 rings (SSSR count). The van der Waals surface area contributed by atoms with E-state index in [9.17, 15) is 22.8 Å². The van der Waals surface area contributed by atoms with Crippen molar-refractivity contribution in [2.24, 2.45) is 0 Å². The van der Waals surface area contributed by atoms with Gasteiger partial charge < -0.3 is 14.2 Å². The molecule has 0 atom stereocenters. The smallest absolute Gasteiger partial charge is 0.406 e. The number of anilines is 1. The third-order valence-corrected chi connectivity index (χ3v) is 4.80. The summed E-state index contributed by atoms with van der Waals surface area (Å²) in [7, 11) is 0. The first kappa shape index (κ1) is 18.4. The van der Waals surface area contributed by atoms with Crippen molar-refractivity contribution in [3.8, 4) is 0 Å². The number of benzene rings is 1. The zero-order chi connectivity index (χ0) is 18.7. The van der Waals surface area contributed by atoms with E-state index in [4.69, 9.17) is 4.42 Å². The minimum atomic E-state index is -4.55. The van der Waals surface area contributed by atoms with E-state index in [1.54, 1.807) is 24.3 Å². The predicted molar refractivity (Wildman–Crippen MR) is 89.7 cm³/mol. The second-order valence-corrected chi connectivity index (χ2v) is 6.70. The first-order valence-electron chi connectivity index (χ1n) is 7.72. The monoisotopic (exact) mass is 384 g/mol. The van der Waals surface area contributed by atoms with E-state index >= 15 is 0 Å². The number of fused-ring (bicyclic) bond motifs is 1. The largest absolute Gasteiger partial charge is 0.467 e. The Morgan fingerprint density at radius 2 is 2.00 bits per heavy atom. The van der Waals surface area contributed by atoms with Crippen molar-refractivity contribution in [3.05, 3.63) is 48.4 Å². The molecule has 1 aliphatic heterocycles. The Morgan fingerprint density at radius 1 is 1.23 bits per heavy atom. The van der Waals surface area contributed by atoms with Gasteiger partial charge in [-0.15, -0.1) is 11.8 Å². The molecule has 0 bridgehead atoms. The number of furan rings is 1. The van der Waals surface area contributed by atoms with E-state index in [-0.39, 0.29) is 24.0 Å². The van der Waals surface area contributed by atoms with Gasteiger partial charge in [0.25, 0.3) is 0 Å². The molecule has 9 heteroatoms. The molecule has 0 spiro atoms. The molecule has 1 aromatic carbocycles. The molecule has 138 valence electrons. The number of para-hydroxylation sites is 1. The topological polar surface area (TPSA) is 53.8 Å². The van der Waals surface area contributed by atoms with E-state index in [2.05, 4.69) is 0 Å². The van der Waals surface area contributed by atoms with E-state index < -0.39 is 25.2 Å². The second kappa shape index (κ2) is 7.45. The summed E-state index contributed by atoms with van der Waals surface area (Å²) in [5.41, 5.74) is 0.534. The molecule has 2 amide bonds. The van der Waals surface area contributed by atoms with Crippen LogP contribution >= 0.6 is 11.8 Å². The van der Waals surface area contributed by atoms with Crippen molar-refractivity contribution >= 4 is 29.3 Å². The Balaban J connectivity index is 1.79. The van der Waals surface area contributed by atoms with Crippen molar-refractivity contribution < 1.29 is 27.2 Å². The maximum absolute atomic E-state index is 12.9. The minimum Gasteiger partial charge on any atom is -0.467 e. The first-order valence-corrected chi connectivity index (χ1v) is 8.71. The summed E-state index contributed by atoms with van der Waals surface area (Å²) in [6.45, 7) is -2.18. The van der Waals surface area contributed by atoms with Gasteiger partial charge in [-0.05, 0) is 24.3 Å². The highest BCUT2D eigenvalue weighted by Gasteiger charge is 2.35. The van der Waals surface area contributed by atoms with E-state index in [1.165, 1.54) is 35.1 Å². The minimum absolute atomic E-state index is 0.141. The molecule has 1 aliphatic rings. The number of hydrogen-bond donors (Lipinski definition) is 0. The summed E-state index contributed by atoms with van der Waals surface area (Å²) in [6.07, 6.45) is -3.23. The molecule has 0 radical (unpaired) electrons. The van der Waals surface area contributed by atoms with Gasteiger partial charge in [0, 0.05) is 4.90 Å². The zero-order valence-electron chi connectivity index (χ0n) is 13.5. The molecule has 0 fully saturated rings. The Morgan fingerprint density at radius 3 is 2.69 bits per heavy atom. The Kier molecular flexibility index (Phi) is 5.26. The van der Waals surface area contributed by atoms with Gasteiger partial charge in [-0.2, -0.15) is 13.2 Å². The number of carbonyl (C=O) groups excluding carboxylic acids is 2. The van der Waals surface area contributed by atoms with Gasteiger partial charge in [0.2, 0.25) is 11.8 Å². The van der Waals surface area contributed by atoms with Gasteiger partial charge in [0.05, 0.1) is 24.2 Å². The van der Waals surface area contributed by atoms with Gasteiger partial charge in [-0.3, -0.25) is 9.59 Å². The quantitative estimate of drug-likeness (QED) is 0.794. The SMILES string of the molecule is O=C(CN1C(=O)CSc2ccccc21)N(Cc1ccco1)CC(F)(F)F. The zero-order valence-corrected chi connectivity index (χ0v) is 14.3. The van der Waals surface area contributed by atoms with Crippen LogP contribution in [-0.4, -0.2) is 41.7 Å². The number of nitrogens with zero attached hydrogens (tertiary/aromatic N) is 2. The predicted octanol–water partition coefficient (Wildman–Crippen LogP) is 3.31. The number of hydrogen-bond acceptors (Lipinski definition) is 4. The third kappa shape index (κ3) is 4.40. The lowest BCUT2D eigenvalue weighted by Crippen LogP contribution is -2.47. The van der Waals surface area contributed by atoms with Crippen LogP contribution in [0, 0.1) is 0 Å². The Hall–Kier alpha value is -2.42. The summed E-state index contributed by atoms with van der Waals surface area (Å²) in [6, 6.07) is 10.0. The van der Waals surface area contributed by atoms with Crippen LogP contribution < -0.4 is 4.90 Å². The van der Waals surface area contributed by atoms with Crippen LogP contribution in [0.15, 0.2) is 52.0 Å². The highest BCUT2D eigenvalue weighted by molar-refractivity contribution is 8.00. The molecule has 2 aromatic rings. The molecular weight excluding hydrogens is 369 g/mol. The standard InChI is InChI=1S/C17H15F3N2O3S/c18-17(19,20)11-21(8-12-4-3-7-25-12)15(23)9-22-13-5-1-2-6-14(13)26-10-16(22)24/h1-7H,8-11H2. The van der Waals surface area contributed by atoms with Gasteiger partial charge in [0.1, 0.15) is 18.8 Å². The maximum atomic E-state index is 12.9. The number of amides is 2. The second-order valence-electron chi connectivity index (χ2n) is 5.68. The summed E-state index contributed by atoms with van der Waals surface area (Å²) >= 11 is 1.34. The van der Waals surface area contributed by atoms with Crippen LogP contribution in [0.3, 0.4) is 0 Å². The van der Waals surface area contributed by atoms with Crippen LogP contribution in [0.4, 0.5) is 18.9 Å². The van der Waals surface area contributed by atoms with Crippen LogP contribution in [0.25, 0.3) is 0 Å². The average Bonchev–Trinajstić information content (AvgIpc) is 3.08. The molecule has 0 saturated heterocycles. The van der Waals surface area contributed by atoms with Crippen molar-refractivity contribution in [1.82, 2.24) is 4.90 Å². The highest BCUT2D eigenvalue weighted by atomic mass is 32.2. The molecule has 5 nitrogen and oxygen atoms in total. The molecule has 0 aliphatic carbocycles. The van der Waals surface area contributed by atoms with Gasteiger partial charge in [-0.1, -0.05) is 12.1 Å². The number of alkyl halides is 3. The van der Waals surface area contributed by atoms with Gasteiger partial charge in [-0.25, -0.2) is 0 Å². The average molecular weight is 384 g/mol. The lowest BCUT2D eigenvalue weighted by molar-refractivity contribution is -0.162. The fourth-order valence-corrected chi connectivity index (χ4v) is 3.54. The molecule has 0 unspecified atom stereocenters. The van der Waals surface area contributed by atoms with E-state index in [0.29, 0.717) is 10.6 Å². The summed E-state index contributed by atoms with van der Waals surface area (Å²) in [5, 5.41) is 0. The number of rotatable bonds is 5. The number of halogens is 3. The van der Waals surface area contributed by atoms with E-state index in [0.717, 1.165) is 4.90 Å². The van der Waals surface area contributed by atoms with Gasteiger partial charge in [0.15, 0.2) is 0 Å². The lowest BCUT2D eigenvalue weighted by Gasteiger charge is -2.31. The highest BCUT2D eigenvalue weighted by Crippen LogP contribution is 2.34. The summed E-state index contributed by atoms with van der Waals surface area (Å²) in [5.74, 6) is -0.730. The van der Waals surface area contributed by atoms with Crippen molar-refractivity contribution in [2.75, 3.05) is 23.7 Å². The lowest BCUT2D eigenvalue weighted by atomic mass is 10.2. The van der Waals surface area contributed by atoms with Crippen LogP contribution in [-0.2, 0) is 16.1 Å². The Bertz CT molecular complexity index is 793. The number of carbonyl (C=O) groups is 2. The molecule has 0 N–H and O–H groups in total. The molecular formula is C17H15F3N2O3S. The molecule has 0 saturated carbocycles. The molecule has 1 aromatic heterocycles. The molecule has 2 heterocycles. The van der Waals surface area contributed by atoms with Crippen LogP contribution in [0.5, 0.6) is 0 Å². The number of thioether (sulfide) groups is 1. The normalized spacial score (nSPS) is 14.3. The fourth-order valence-electron chi connectivity index (χ4n) is 2.60. The maximum Gasteiger partial charge on any atom is 0.406 e. The van der Waals surface area contributed by atoms with Gasteiger partial charge >= 0.3 is 6.18 Å². The van der Waals surface area contributed by atoms with Crippen molar-refractivity contribution in [1.29, 1.82) is 0 Å². The Labute approximate surface area is 151 Å². The fraction of sp³-hybridized carbons (Fsp3) is 0.294. The summed E-state index contributed by atoms with van der Waals surface area (Å²) < 4.78 is 43.7. The summed E-state index contributed by atoms with van der Waals surface area (Å²) in [4.78, 5) is 27.5. The third-order valence-electron chi connectivity index (χ3n) is 3.75. The van der Waals surface area contributed by atoms with E-state index in [1.807, 2.05) is 0 Å².